The van der Waals surface area contributed by atoms with Crippen molar-refractivity contribution in [1.29, 1.82) is 0 Å². The van der Waals surface area contributed by atoms with Crippen LogP contribution < -0.4 is 0 Å². The van der Waals surface area contributed by atoms with Crippen molar-refractivity contribution < 1.29 is 9.59 Å². The van der Waals surface area contributed by atoms with Gasteiger partial charge in [0.25, 0.3) is 0 Å². The second-order valence-electron chi connectivity index (χ2n) is 8.18. The second kappa shape index (κ2) is 6.99. The van der Waals surface area contributed by atoms with Gasteiger partial charge in [-0.1, -0.05) is 25.0 Å². The van der Waals surface area contributed by atoms with Crippen LogP contribution in [0.15, 0.2) is 24.3 Å². The number of likely N-dealkylation sites (tertiary alicyclic amines) is 2. The second-order valence-corrected chi connectivity index (χ2v) is 9.24. The van der Waals surface area contributed by atoms with Gasteiger partial charge in [0.1, 0.15) is 0 Å². The molecule has 27 heavy (non-hydrogen) atoms. The van der Waals surface area contributed by atoms with Crippen molar-refractivity contribution in [1.82, 2.24) is 14.8 Å². The van der Waals surface area contributed by atoms with Gasteiger partial charge in [-0.3, -0.25) is 19.4 Å². The fourth-order valence-corrected chi connectivity index (χ4v) is 6.11. The van der Waals surface area contributed by atoms with E-state index in [-0.39, 0.29) is 23.7 Å². The van der Waals surface area contributed by atoms with E-state index in [1.165, 1.54) is 9.71 Å². The summed E-state index contributed by atoms with van der Waals surface area (Å²) in [6.07, 6.45) is 6.15. The highest BCUT2D eigenvalue weighted by Gasteiger charge is 2.48. The molecule has 1 saturated carbocycles. The number of aromatic nitrogens is 1. The Hall–Kier alpha value is -1.79. The largest absolute Gasteiger partial charge is 0.285 e. The Bertz CT molecular complexity index is 822. The minimum absolute atomic E-state index is 0.0453. The molecule has 0 bridgehead atoms. The molecule has 0 N–H and O–H groups in total. The Balaban J connectivity index is 1.30. The van der Waals surface area contributed by atoms with Gasteiger partial charge in [-0.25, -0.2) is 4.98 Å². The number of imide groups is 1. The Morgan fingerprint density at radius 2 is 1.74 bits per heavy atom. The van der Waals surface area contributed by atoms with Crippen LogP contribution in [0.1, 0.15) is 49.5 Å². The smallest absolute Gasteiger partial charge is 0.234 e. The van der Waals surface area contributed by atoms with E-state index in [2.05, 4.69) is 23.1 Å². The number of fused-ring (bicyclic) bond motifs is 2. The molecule has 1 aromatic heterocycles. The summed E-state index contributed by atoms with van der Waals surface area (Å²) in [5.74, 6) is 0.456. The van der Waals surface area contributed by atoms with E-state index >= 15 is 0 Å². The van der Waals surface area contributed by atoms with Crippen LogP contribution in [0.25, 0.3) is 10.2 Å². The van der Waals surface area contributed by atoms with E-state index in [1.54, 1.807) is 16.2 Å². The number of nitrogens with zero attached hydrogens (tertiary/aromatic N) is 3. The molecule has 1 aromatic carbocycles. The zero-order valence-electron chi connectivity index (χ0n) is 15.5. The third-order valence-electron chi connectivity index (χ3n) is 6.44. The van der Waals surface area contributed by atoms with Gasteiger partial charge in [0, 0.05) is 12.5 Å². The highest BCUT2D eigenvalue weighted by Crippen LogP contribution is 2.39. The number of benzene rings is 1. The van der Waals surface area contributed by atoms with E-state index in [0.29, 0.717) is 12.6 Å². The van der Waals surface area contributed by atoms with E-state index in [0.717, 1.165) is 57.1 Å². The maximum Gasteiger partial charge on any atom is 0.234 e. The highest BCUT2D eigenvalue weighted by molar-refractivity contribution is 7.18. The predicted octanol–water partition coefficient (Wildman–Crippen LogP) is 3.61. The normalized spacial score (nSPS) is 29.5. The fourth-order valence-electron chi connectivity index (χ4n) is 5.02. The van der Waals surface area contributed by atoms with Crippen LogP contribution >= 0.6 is 11.3 Å². The average Bonchev–Trinajstić information content (AvgIpc) is 3.24. The number of amides is 2. The standard InChI is InChI=1S/C21H25N3O2S/c25-20-15-7-1-2-8-16(15)21(26)24(20)13-23-11-5-6-14(12-23)19-22-17-9-3-4-10-18(17)27-19/h3-4,9-10,14-16H,1-2,5-8,11-13H2/t14-,15-,16+/m1/s1. The number of hydrogen-bond acceptors (Lipinski definition) is 5. The lowest BCUT2D eigenvalue weighted by Gasteiger charge is -2.34. The maximum absolute atomic E-state index is 12.8. The van der Waals surface area contributed by atoms with Crippen molar-refractivity contribution in [3.63, 3.8) is 0 Å². The molecule has 5 nitrogen and oxygen atoms in total. The van der Waals surface area contributed by atoms with Crippen LogP contribution in [-0.4, -0.2) is 46.4 Å². The molecule has 2 aliphatic heterocycles. The van der Waals surface area contributed by atoms with Crippen LogP contribution in [0.2, 0.25) is 0 Å². The molecule has 1 aliphatic carbocycles. The van der Waals surface area contributed by atoms with Gasteiger partial charge in [-0.2, -0.15) is 0 Å². The molecule has 0 spiro atoms. The lowest BCUT2D eigenvalue weighted by Crippen LogP contribution is -2.45. The Labute approximate surface area is 163 Å². The summed E-state index contributed by atoms with van der Waals surface area (Å²) in [4.78, 5) is 34.2. The molecule has 3 heterocycles. The third kappa shape index (κ3) is 3.09. The third-order valence-corrected chi connectivity index (χ3v) is 7.64. The lowest BCUT2D eigenvalue weighted by molar-refractivity contribution is -0.142. The zero-order chi connectivity index (χ0) is 18.4. The number of carbonyl (C=O) groups excluding carboxylic acids is 2. The minimum atomic E-state index is -0.0453. The summed E-state index contributed by atoms with van der Waals surface area (Å²) < 4.78 is 1.23. The highest BCUT2D eigenvalue weighted by atomic mass is 32.1. The van der Waals surface area contributed by atoms with Gasteiger partial charge in [0.15, 0.2) is 0 Å². The number of rotatable bonds is 3. The van der Waals surface area contributed by atoms with E-state index in [9.17, 15) is 9.59 Å². The first kappa shape index (κ1) is 17.3. The van der Waals surface area contributed by atoms with E-state index < -0.39 is 0 Å². The van der Waals surface area contributed by atoms with Gasteiger partial charge in [0.2, 0.25) is 11.8 Å². The number of carbonyl (C=O) groups is 2. The summed E-state index contributed by atoms with van der Waals surface area (Å²) in [6, 6.07) is 8.28. The molecule has 2 saturated heterocycles. The van der Waals surface area contributed by atoms with Crippen LogP contribution in [0.5, 0.6) is 0 Å². The molecule has 6 heteroatoms. The molecule has 0 radical (unpaired) electrons. The van der Waals surface area contributed by atoms with Gasteiger partial charge < -0.3 is 0 Å². The summed E-state index contributed by atoms with van der Waals surface area (Å²) in [5.41, 5.74) is 1.07. The fraction of sp³-hybridized carbons (Fsp3) is 0.571. The van der Waals surface area contributed by atoms with Gasteiger partial charge in [0.05, 0.1) is 33.7 Å². The molecule has 3 atom stereocenters. The van der Waals surface area contributed by atoms with Crippen molar-refractivity contribution in [3.8, 4) is 0 Å². The minimum Gasteiger partial charge on any atom is -0.285 e. The Kier molecular flexibility index (Phi) is 4.48. The molecule has 3 aliphatic rings. The van der Waals surface area contributed by atoms with E-state index in [1.807, 2.05) is 6.07 Å². The van der Waals surface area contributed by atoms with Crippen molar-refractivity contribution >= 4 is 33.4 Å². The number of thiazole rings is 1. The molecule has 2 amide bonds. The molecular formula is C21H25N3O2S. The summed E-state index contributed by atoms with van der Waals surface area (Å²) in [7, 11) is 0. The van der Waals surface area contributed by atoms with Gasteiger partial charge in [-0.15, -0.1) is 11.3 Å². The predicted molar refractivity (Wildman–Crippen MR) is 105 cm³/mol. The molecule has 0 unspecified atom stereocenters. The van der Waals surface area contributed by atoms with Crippen molar-refractivity contribution in [3.05, 3.63) is 29.3 Å². The summed E-state index contributed by atoms with van der Waals surface area (Å²) in [5, 5.41) is 1.19. The van der Waals surface area contributed by atoms with Crippen LogP contribution in [0.3, 0.4) is 0 Å². The Morgan fingerprint density at radius 3 is 2.48 bits per heavy atom. The van der Waals surface area contributed by atoms with Crippen LogP contribution in [-0.2, 0) is 9.59 Å². The van der Waals surface area contributed by atoms with Gasteiger partial charge in [-0.05, 0) is 44.4 Å². The quantitative estimate of drug-likeness (QED) is 0.760. The average molecular weight is 384 g/mol. The molecule has 142 valence electrons. The topological polar surface area (TPSA) is 53.5 Å². The van der Waals surface area contributed by atoms with Crippen LogP contribution in [0, 0.1) is 11.8 Å². The number of hydrogen-bond donors (Lipinski definition) is 0. The number of para-hydroxylation sites is 1. The Morgan fingerprint density at radius 1 is 1.00 bits per heavy atom. The lowest BCUT2D eigenvalue weighted by atomic mass is 9.81. The monoisotopic (exact) mass is 383 g/mol. The molecule has 5 rings (SSSR count). The SMILES string of the molecule is O=C1[C@H]2CCCC[C@H]2C(=O)N1CN1CCC[C@@H](c2nc3ccccc3s2)C1. The maximum atomic E-state index is 12.8. The summed E-state index contributed by atoms with van der Waals surface area (Å²) >= 11 is 1.78. The van der Waals surface area contributed by atoms with Crippen molar-refractivity contribution in [2.45, 2.75) is 44.4 Å². The zero-order valence-corrected chi connectivity index (χ0v) is 16.3. The van der Waals surface area contributed by atoms with Crippen molar-refractivity contribution in [2.75, 3.05) is 19.8 Å². The first-order chi connectivity index (χ1) is 13.2. The summed E-state index contributed by atoms with van der Waals surface area (Å²) in [6.45, 7) is 2.30. The first-order valence-corrected chi connectivity index (χ1v) is 11.0. The van der Waals surface area contributed by atoms with Crippen LogP contribution in [0.4, 0.5) is 0 Å². The first-order valence-electron chi connectivity index (χ1n) is 10.1. The van der Waals surface area contributed by atoms with Crippen molar-refractivity contribution in [2.24, 2.45) is 11.8 Å². The molecule has 2 aromatic rings. The van der Waals surface area contributed by atoms with Gasteiger partial charge >= 0.3 is 0 Å². The molecular weight excluding hydrogens is 358 g/mol. The molecule has 3 fully saturated rings. The van der Waals surface area contributed by atoms with E-state index in [4.69, 9.17) is 4.98 Å². The number of piperidine rings is 1.